The average Bonchev–Trinajstić information content (AvgIpc) is 3.01. The predicted molar refractivity (Wildman–Crippen MR) is 108 cm³/mol. The Labute approximate surface area is 165 Å². The summed E-state index contributed by atoms with van der Waals surface area (Å²) in [5.74, 6) is 0.106. The fraction of sp³-hybridized carbons (Fsp3) is 0.667. The van der Waals surface area contributed by atoms with Crippen LogP contribution in [0, 0.1) is 6.92 Å². The van der Waals surface area contributed by atoms with Crippen LogP contribution in [-0.2, 0) is 9.53 Å². The number of ether oxygens (including phenoxy) is 1. The fourth-order valence-electron chi connectivity index (χ4n) is 2.01. The number of nitrogens with zero attached hydrogens (tertiary/aromatic N) is 3. The zero-order valence-electron chi connectivity index (χ0n) is 17.3. The summed E-state index contributed by atoms with van der Waals surface area (Å²) in [7, 11) is 3.40. The fourth-order valence-corrected chi connectivity index (χ4v) is 2.97. The van der Waals surface area contributed by atoms with Crippen LogP contribution < -0.4 is 10.6 Å². The number of carbonyl (C=O) groups is 2. The van der Waals surface area contributed by atoms with E-state index in [1.165, 1.54) is 16.2 Å². The van der Waals surface area contributed by atoms with Crippen LogP contribution in [0.3, 0.4) is 0 Å². The van der Waals surface area contributed by atoms with Gasteiger partial charge in [0, 0.05) is 20.1 Å². The highest BCUT2D eigenvalue weighted by molar-refractivity contribution is 7.13. The third-order valence-corrected chi connectivity index (χ3v) is 5.18. The van der Waals surface area contributed by atoms with E-state index in [2.05, 4.69) is 27.5 Å². The number of esters is 1. The maximum absolute atomic E-state index is 12.0. The van der Waals surface area contributed by atoms with Crippen LogP contribution in [0.25, 0.3) is 0 Å². The highest BCUT2D eigenvalue weighted by Gasteiger charge is 2.20. The Balaban J connectivity index is 2.93. The minimum Gasteiger partial charge on any atom is -0.462 e. The average molecular weight is 398 g/mol. The number of amides is 1. The second-order valence-electron chi connectivity index (χ2n) is 6.46. The van der Waals surface area contributed by atoms with Gasteiger partial charge < -0.3 is 20.3 Å². The molecular formula is C18H31N5O3S. The van der Waals surface area contributed by atoms with E-state index in [-0.39, 0.29) is 30.5 Å². The molecule has 0 radical (unpaired) electrons. The number of thiazole rings is 1. The number of nitrogens with one attached hydrogen (secondary N) is 2. The molecule has 9 heteroatoms. The molecule has 1 aromatic heterocycles. The largest absolute Gasteiger partial charge is 0.462 e. The normalized spacial score (nSPS) is 13.7. The highest BCUT2D eigenvalue weighted by Crippen LogP contribution is 2.24. The molecule has 27 heavy (non-hydrogen) atoms. The van der Waals surface area contributed by atoms with Crippen LogP contribution >= 0.6 is 11.3 Å². The first kappa shape index (κ1) is 22.9. The van der Waals surface area contributed by atoms with Crippen molar-refractivity contribution in [1.82, 2.24) is 20.5 Å². The molecule has 0 fully saturated rings. The molecule has 0 aliphatic rings. The number of rotatable bonds is 8. The van der Waals surface area contributed by atoms with Crippen LogP contribution in [0.2, 0.25) is 0 Å². The molecule has 0 aliphatic carbocycles. The highest BCUT2D eigenvalue weighted by atomic mass is 32.1. The van der Waals surface area contributed by atoms with Crippen molar-refractivity contribution in [3.8, 4) is 0 Å². The Morgan fingerprint density at radius 2 is 1.93 bits per heavy atom. The van der Waals surface area contributed by atoms with Crippen LogP contribution in [0.5, 0.6) is 0 Å². The SMILES string of the molecule is CCOC(=O)c1sc(C(C)NC(=NCC(=O)N(C)C)NC(C)CC)nc1C. The minimum atomic E-state index is -0.353. The predicted octanol–water partition coefficient (Wildman–Crippen LogP) is 2.11. The second-order valence-corrected chi connectivity index (χ2v) is 7.49. The summed E-state index contributed by atoms with van der Waals surface area (Å²) in [5.41, 5.74) is 0.651. The van der Waals surface area contributed by atoms with Crippen molar-refractivity contribution in [2.45, 2.75) is 53.1 Å². The molecule has 0 saturated carbocycles. The van der Waals surface area contributed by atoms with Gasteiger partial charge >= 0.3 is 5.97 Å². The molecule has 2 unspecified atom stereocenters. The number of hydrogen-bond donors (Lipinski definition) is 2. The van der Waals surface area contributed by atoms with E-state index in [1.807, 2.05) is 13.8 Å². The number of aromatic nitrogens is 1. The standard InChI is InChI=1S/C18H31N5O3S/c1-8-11(3)20-18(19-10-14(24)23(6)7)22-13(5)16-21-12(4)15(27-16)17(25)26-9-2/h11,13H,8-10H2,1-7H3,(H2,19,20,22). The molecule has 1 amide bonds. The number of carbonyl (C=O) groups excluding carboxylic acids is 2. The summed E-state index contributed by atoms with van der Waals surface area (Å²) >= 11 is 1.31. The lowest BCUT2D eigenvalue weighted by atomic mass is 10.2. The lowest BCUT2D eigenvalue weighted by molar-refractivity contribution is -0.127. The minimum absolute atomic E-state index is 0.0520. The summed E-state index contributed by atoms with van der Waals surface area (Å²) in [6, 6.07) is 0.0210. The third-order valence-electron chi connectivity index (χ3n) is 3.86. The summed E-state index contributed by atoms with van der Waals surface area (Å²) in [5, 5.41) is 7.31. The Hall–Kier alpha value is -2.16. The van der Waals surface area contributed by atoms with Crippen LogP contribution in [0.15, 0.2) is 4.99 Å². The van der Waals surface area contributed by atoms with Gasteiger partial charge in [0.2, 0.25) is 5.91 Å². The quantitative estimate of drug-likeness (QED) is 0.396. The third kappa shape index (κ3) is 7.16. The molecule has 8 nitrogen and oxygen atoms in total. The summed E-state index contributed by atoms with van der Waals surface area (Å²) < 4.78 is 5.07. The van der Waals surface area contributed by atoms with Gasteiger partial charge in [0.25, 0.3) is 0 Å². The van der Waals surface area contributed by atoms with E-state index in [9.17, 15) is 9.59 Å². The molecular weight excluding hydrogens is 366 g/mol. The van der Waals surface area contributed by atoms with Crippen molar-refractivity contribution in [2.24, 2.45) is 4.99 Å². The summed E-state index contributed by atoms with van der Waals surface area (Å²) in [4.78, 5) is 34.7. The van der Waals surface area contributed by atoms with E-state index in [4.69, 9.17) is 4.74 Å². The molecule has 0 saturated heterocycles. The van der Waals surface area contributed by atoms with Gasteiger partial charge in [0.05, 0.1) is 18.3 Å². The molecule has 1 aromatic rings. The van der Waals surface area contributed by atoms with E-state index in [0.29, 0.717) is 23.1 Å². The first-order valence-corrected chi connectivity index (χ1v) is 9.93. The molecule has 1 rings (SSSR count). The first-order chi connectivity index (χ1) is 12.7. The lowest BCUT2D eigenvalue weighted by Crippen LogP contribution is -2.43. The van der Waals surface area contributed by atoms with Crippen molar-refractivity contribution in [3.63, 3.8) is 0 Å². The van der Waals surface area contributed by atoms with Crippen molar-refractivity contribution < 1.29 is 14.3 Å². The van der Waals surface area contributed by atoms with Gasteiger partial charge in [0.1, 0.15) is 16.4 Å². The molecule has 1 heterocycles. The maximum atomic E-state index is 12.0. The van der Waals surface area contributed by atoms with Crippen molar-refractivity contribution in [3.05, 3.63) is 15.6 Å². The first-order valence-electron chi connectivity index (χ1n) is 9.11. The monoisotopic (exact) mass is 397 g/mol. The van der Waals surface area contributed by atoms with Gasteiger partial charge in [-0.15, -0.1) is 11.3 Å². The molecule has 2 N–H and O–H groups in total. The maximum Gasteiger partial charge on any atom is 0.350 e. The van der Waals surface area contributed by atoms with Crippen LogP contribution in [0.4, 0.5) is 0 Å². The Morgan fingerprint density at radius 3 is 2.48 bits per heavy atom. The van der Waals surface area contributed by atoms with E-state index in [1.54, 1.807) is 27.9 Å². The Bertz CT molecular complexity index is 672. The van der Waals surface area contributed by atoms with Gasteiger partial charge in [-0.25, -0.2) is 14.8 Å². The van der Waals surface area contributed by atoms with Gasteiger partial charge in [0.15, 0.2) is 5.96 Å². The van der Waals surface area contributed by atoms with Crippen LogP contribution in [-0.4, -0.2) is 61.0 Å². The molecule has 0 aliphatic heterocycles. The summed E-state index contributed by atoms with van der Waals surface area (Å²) in [6.07, 6.45) is 0.917. The Morgan fingerprint density at radius 1 is 1.26 bits per heavy atom. The zero-order valence-corrected chi connectivity index (χ0v) is 18.1. The van der Waals surface area contributed by atoms with Gasteiger partial charge in [-0.2, -0.15) is 0 Å². The van der Waals surface area contributed by atoms with Crippen LogP contribution in [0.1, 0.15) is 60.5 Å². The van der Waals surface area contributed by atoms with Gasteiger partial charge in [-0.3, -0.25) is 4.79 Å². The molecule has 2 atom stereocenters. The number of aliphatic imine (C=N–C) groups is 1. The second kappa shape index (κ2) is 10.9. The zero-order chi connectivity index (χ0) is 20.6. The molecule has 0 aromatic carbocycles. The van der Waals surface area contributed by atoms with E-state index < -0.39 is 0 Å². The summed E-state index contributed by atoms with van der Waals surface area (Å²) in [6.45, 7) is 10.0. The number of guanidine groups is 1. The molecule has 0 spiro atoms. The lowest BCUT2D eigenvalue weighted by Gasteiger charge is -2.20. The number of hydrogen-bond acceptors (Lipinski definition) is 6. The number of likely N-dealkylation sites (N-methyl/N-ethyl adjacent to an activating group) is 1. The Kier molecular flexibility index (Phi) is 9.20. The van der Waals surface area contributed by atoms with E-state index in [0.717, 1.165) is 11.4 Å². The smallest absolute Gasteiger partial charge is 0.350 e. The van der Waals surface area contributed by atoms with Gasteiger partial charge in [-0.05, 0) is 34.1 Å². The van der Waals surface area contributed by atoms with Crippen molar-refractivity contribution >= 4 is 29.2 Å². The van der Waals surface area contributed by atoms with Crippen molar-refractivity contribution in [2.75, 3.05) is 27.2 Å². The number of aryl methyl sites for hydroxylation is 1. The van der Waals surface area contributed by atoms with Crippen molar-refractivity contribution in [1.29, 1.82) is 0 Å². The molecule has 152 valence electrons. The molecule has 0 bridgehead atoms. The van der Waals surface area contributed by atoms with Gasteiger partial charge in [-0.1, -0.05) is 6.92 Å². The topological polar surface area (TPSA) is 95.9 Å². The van der Waals surface area contributed by atoms with E-state index >= 15 is 0 Å².